The average molecular weight is 467 g/mol. The highest BCUT2D eigenvalue weighted by atomic mass is 16.5. The predicted molar refractivity (Wildman–Crippen MR) is 118 cm³/mol. The SMILES string of the molecule is COc1cc(OCc2ccc3c(n2)CCN(C[C@@H](O)CO)C3)nn2c(-c3cc(C)on3)nnc12. The van der Waals surface area contributed by atoms with Crippen LogP contribution in [0.15, 0.2) is 28.8 Å². The van der Waals surface area contributed by atoms with Crippen molar-refractivity contribution >= 4 is 5.65 Å². The number of hydrogen-bond acceptors (Lipinski definition) is 11. The molecule has 12 nitrogen and oxygen atoms in total. The summed E-state index contributed by atoms with van der Waals surface area (Å²) in [4.78, 5) is 6.86. The molecular weight excluding hydrogens is 442 g/mol. The minimum absolute atomic E-state index is 0.225. The summed E-state index contributed by atoms with van der Waals surface area (Å²) in [6, 6.07) is 7.36. The number of pyridine rings is 1. The van der Waals surface area contributed by atoms with E-state index in [4.69, 9.17) is 24.1 Å². The molecule has 0 spiro atoms. The molecule has 4 aromatic rings. The summed E-state index contributed by atoms with van der Waals surface area (Å²) in [6.07, 6.45) is 0.0316. The highest BCUT2D eigenvalue weighted by Gasteiger charge is 2.21. The molecule has 4 aromatic heterocycles. The Morgan fingerprint density at radius 1 is 1.24 bits per heavy atom. The zero-order chi connectivity index (χ0) is 23.7. The normalized spacial score (nSPS) is 14.8. The first-order valence-corrected chi connectivity index (χ1v) is 10.9. The molecule has 1 aliphatic rings. The highest BCUT2D eigenvalue weighted by molar-refractivity contribution is 5.60. The van der Waals surface area contributed by atoms with Gasteiger partial charge in [0.1, 0.15) is 12.4 Å². The van der Waals surface area contributed by atoms with E-state index < -0.39 is 6.10 Å². The van der Waals surface area contributed by atoms with Gasteiger partial charge in [0.25, 0.3) is 0 Å². The molecule has 0 aromatic carbocycles. The van der Waals surface area contributed by atoms with Crippen LogP contribution in [0, 0.1) is 6.92 Å². The van der Waals surface area contributed by atoms with Crippen molar-refractivity contribution in [3.63, 3.8) is 0 Å². The molecule has 1 aliphatic heterocycles. The monoisotopic (exact) mass is 467 g/mol. The third-order valence-corrected chi connectivity index (χ3v) is 5.62. The first-order chi connectivity index (χ1) is 16.5. The van der Waals surface area contributed by atoms with Crippen LogP contribution in [-0.4, -0.2) is 78.0 Å². The second-order valence-electron chi connectivity index (χ2n) is 8.15. The summed E-state index contributed by atoms with van der Waals surface area (Å²) < 4.78 is 18.1. The number of nitrogens with zero attached hydrogens (tertiary/aromatic N) is 7. The lowest BCUT2D eigenvalue weighted by Crippen LogP contribution is -2.38. The standard InChI is InChI=1S/C22H25N7O5/c1-13-7-18(27-34-13)21-24-25-22-19(32-2)8-20(26-29(21)22)33-12-15-4-3-14-9-28(10-16(31)11-30)6-5-17(14)23-15/h3-4,7-8,16,30-31H,5-6,9-12H2,1-2H3/t16-/m1/s1. The van der Waals surface area contributed by atoms with Gasteiger partial charge in [-0.25, -0.2) is 0 Å². The Balaban J connectivity index is 1.33. The smallest absolute Gasteiger partial charge is 0.236 e. The Morgan fingerprint density at radius 3 is 2.88 bits per heavy atom. The number of methoxy groups -OCH3 is 1. The summed E-state index contributed by atoms with van der Waals surface area (Å²) in [5.74, 6) is 1.86. The zero-order valence-corrected chi connectivity index (χ0v) is 18.9. The van der Waals surface area contributed by atoms with Gasteiger partial charge in [0.15, 0.2) is 11.4 Å². The third kappa shape index (κ3) is 4.42. The number of aromatic nitrogens is 6. The number of ether oxygens (including phenoxy) is 2. The number of hydrogen-bond donors (Lipinski definition) is 2. The second kappa shape index (κ2) is 9.33. The van der Waals surface area contributed by atoms with Crippen molar-refractivity contribution in [2.75, 3.05) is 26.8 Å². The zero-order valence-electron chi connectivity index (χ0n) is 18.9. The Bertz CT molecular complexity index is 1300. The van der Waals surface area contributed by atoms with Gasteiger partial charge in [0, 0.05) is 43.9 Å². The van der Waals surface area contributed by atoms with E-state index in [1.807, 2.05) is 12.1 Å². The highest BCUT2D eigenvalue weighted by Crippen LogP contribution is 2.26. The van der Waals surface area contributed by atoms with Crippen molar-refractivity contribution in [3.8, 4) is 23.1 Å². The topological polar surface area (TPSA) is 144 Å². The number of fused-ring (bicyclic) bond motifs is 2. The van der Waals surface area contributed by atoms with Gasteiger partial charge in [-0.2, -0.15) is 4.52 Å². The summed E-state index contributed by atoms with van der Waals surface area (Å²) in [7, 11) is 1.54. The van der Waals surface area contributed by atoms with E-state index in [0.717, 1.165) is 29.9 Å². The maximum absolute atomic E-state index is 9.70. The first-order valence-electron chi connectivity index (χ1n) is 10.9. The van der Waals surface area contributed by atoms with Gasteiger partial charge >= 0.3 is 0 Å². The molecule has 2 N–H and O–H groups in total. The molecule has 178 valence electrons. The van der Waals surface area contributed by atoms with Crippen molar-refractivity contribution in [2.24, 2.45) is 0 Å². The van der Waals surface area contributed by atoms with E-state index in [0.29, 0.717) is 47.6 Å². The van der Waals surface area contributed by atoms with Crippen LogP contribution < -0.4 is 9.47 Å². The maximum atomic E-state index is 9.70. The van der Waals surface area contributed by atoms with E-state index >= 15 is 0 Å². The average Bonchev–Trinajstić information content (AvgIpc) is 3.47. The lowest BCUT2D eigenvalue weighted by molar-refractivity contribution is 0.0548. The molecule has 34 heavy (non-hydrogen) atoms. The molecule has 5 rings (SSSR count). The fourth-order valence-electron chi connectivity index (χ4n) is 3.94. The molecular formula is C22H25N7O5. The van der Waals surface area contributed by atoms with Crippen LogP contribution in [0.3, 0.4) is 0 Å². The number of aliphatic hydroxyl groups is 2. The molecule has 0 aliphatic carbocycles. The van der Waals surface area contributed by atoms with Crippen molar-refractivity contribution in [1.29, 1.82) is 0 Å². The van der Waals surface area contributed by atoms with Crippen LogP contribution in [0.4, 0.5) is 0 Å². The van der Waals surface area contributed by atoms with Crippen LogP contribution in [0.5, 0.6) is 11.6 Å². The van der Waals surface area contributed by atoms with Crippen LogP contribution in [-0.2, 0) is 19.6 Å². The minimum atomic E-state index is -0.733. The maximum Gasteiger partial charge on any atom is 0.236 e. The molecule has 1 atom stereocenters. The van der Waals surface area contributed by atoms with Gasteiger partial charge in [0.2, 0.25) is 17.4 Å². The van der Waals surface area contributed by atoms with Gasteiger partial charge < -0.3 is 24.2 Å². The first kappa shape index (κ1) is 22.2. The summed E-state index contributed by atoms with van der Waals surface area (Å²) in [5, 5.41) is 35.6. The molecule has 0 unspecified atom stereocenters. The lowest BCUT2D eigenvalue weighted by atomic mass is 10.0. The molecule has 5 heterocycles. The number of rotatable bonds is 8. The number of β-amino-alcohol motifs (C(OH)–C–C–N with tert-alkyl or cyclic N) is 1. The Kier molecular flexibility index (Phi) is 6.09. The Labute approximate surface area is 194 Å². The van der Waals surface area contributed by atoms with Gasteiger partial charge in [-0.05, 0) is 18.6 Å². The third-order valence-electron chi connectivity index (χ3n) is 5.62. The van der Waals surface area contributed by atoms with Crippen molar-refractivity contribution in [1.82, 2.24) is 34.9 Å². The second-order valence-corrected chi connectivity index (χ2v) is 8.15. The van der Waals surface area contributed by atoms with Gasteiger partial charge in [-0.15, -0.1) is 15.3 Å². The van der Waals surface area contributed by atoms with Crippen LogP contribution in [0.2, 0.25) is 0 Å². The summed E-state index contributed by atoms with van der Waals surface area (Å²) in [6.45, 7) is 3.68. The molecule has 0 saturated heterocycles. The molecule has 0 fully saturated rings. The summed E-state index contributed by atoms with van der Waals surface area (Å²) in [5.41, 5.74) is 3.85. The predicted octanol–water partition coefficient (Wildman–Crippen LogP) is 0.782. The largest absolute Gasteiger partial charge is 0.493 e. The van der Waals surface area contributed by atoms with Crippen molar-refractivity contribution < 1.29 is 24.2 Å². The molecule has 0 saturated carbocycles. The van der Waals surface area contributed by atoms with Crippen molar-refractivity contribution in [3.05, 3.63) is 47.0 Å². The molecule has 0 amide bonds. The van der Waals surface area contributed by atoms with Crippen LogP contribution in [0.1, 0.15) is 22.7 Å². The number of aliphatic hydroxyl groups excluding tert-OH is 2. The fraction of sp³-hybridized carbons (Fsp3) is 0.409. The lowest BCUT2D eigenvalue weighted by Gasteiger charge is -2.29. The fourth-order valence-corrected chi connectivity index (χ4v) is 3.94. The van der Waals surface area contributed by atoms with Crippen molar-refractivity contribution in [2.45, 2.75) is 32.6 Å². The van der Waals surface area contributed by atoms with Gasteiger partial charge in [-0.1, -0.05) is 11.2 Å². The molecule has 0 bridgehead atoms. The summed E-state index contributed by atoms with van der Waals surface area (Å²) >= 11 is 0. The van der Waals surface area contributed by atoms with E-state index in [9.17, 15) is 5.11 Å². The number of aryl methyl sites for hydroxylation is 1. The Morgan fingerprint density at radius 2 is 2.12 bits per heavy atom. The molecule has 0 radical (unpaired) electrons. The van der Waals surface area contributed by atoms with Crippen LogP contribution >= 0.6 is 0 Å². The van der Waals surface area contributed by atoms with Gasteiger partial charge in [-0.3, -0.25) is 9.88 Å². The van der Waals surface area contributed by atoms with Gasteiger partial charge in [0.05, 0.1) is 25.5 Å². The minimum Gasteiger partial charge on any atom is -0.493 e. The van der Waals surface area contributed by atoms with Crippen LogP contribution in [0.25, 0.3) is 17.2 Å². The van der Waals surface area contributed by atoms with E-state index in [-0.39, 0.29) is 13.2 Å². The quantitative estimate of drug-likeness (QED) is 0.379. The van der Waals surface area contributed by atoms with E-state index in [1.165, 1.54) is 4.52 Å². The van der Waals surface area contributed by atoms with E-state index in [2.05, 4.69) is 25.4 Å². The Hall–Kier alpha value is -3.61. The molecule has 12 heteroatoms. The van der Waals surface area contributed by atoms with E-state index in [1.54, 1.807) is 26.2 Å².